The van der Waals surface area contributed by atoms with Crippen LogP contribution in [0, 0.1) is 11.3 Å². The van der Waals surface area contributed by atoms with Gasteiger partial charge in [0, 0.05) is 13.0 Å². The largest absolute Gasteiger partial charge is 0.350 e. The first-order valence-electron chi connectivity index (χ1n) is 3.64. The van der Waals surface area contributed by atoms with Crippen molar-refractivity contribution in [1.82, 2.24) is 4.72 Å². The van der Waals surface area contributed by atoms with E-state index in [1.807, 2.05) is 6.07 Å². The Morgan fingerprint density at radius 2 is 2.00 bits per heavy atom. The number of hydrogen-bond donors (Lipinski definition) is 1. The highest BCUT2D eigenvalue weighted by Crippen LogP contribution is 2.02. The summed E-state index contributed by atoms with van der Waals surface area (Å²) in [7, 11) is -4.45. The van der Waals surface area contributed by atoms with Gasteiger partial charge in [-0.2, -0.15) is 14.0 Å². The van der Waals surface area contributed by atoms with Gasteiger partial charge in [0.25, 0.3) is 10.0 Å². The Bertz CT molecular complexity index is 271. The SMILES string of the molecule is N#CCCCCNS(=O)(=O)C(F)F. The molecule has 0 amide bonds. The van der Waals surface area contributed by atoms with Crippen LogP contribution in [0.2, 0.25) is 0 Å². The van der Waals surface area contributed by atoms with Gasteiger partial charge < -0.3 is 0 Å². The molecule has 1 N–H and O–H groups in total. The standard InChI is InChI=1S/C6H10F2N2O2S/c7-6(8)13(11,12)10-5-3-1-2-4-9/h6,10H,1-3,5H2. The number of rotatable bonds is 6. The van der Waals surface area contributed by atoms with Crippen LogP contribution in [0.1, 0.15) is 19.3 Å². The number of nitrogens with one attached hydrogen (secondary N) is 1. The molecule has 0 radical (unpaired) electrons. The van der Waals surface area contributed by atoms with E-state index in [0.29, 0.717) is 19.3 Å². The molecule has 0 aromatic heterocycles. The van der Waals surface area contributed by atoms with Crippen molar-refractivity contribution in [3.8, 4) is 6.07 Å². The summed E-state index contributed by atoms with van der Waals surface area (Å²) in [6, 6.07) is 1.86. The Labute approximate surface area is 75.6 Å². The molecule has 76 valence electrons. The number of nitrogens with zero attached hydrogens (tertiary/aromatic N) is 1. The van der Waals surface area contributed by atoms with Crippen molar-refractivity contribution in [2.45, 2.75) is 25.0 Å². The van der Waals surface area contributed by atoms with E-state index in [0.717, 1.165) is 0 Å². The fourth-order valence-corrected chi connectivity index (χ4v) is 1.16. The molecule has 0 rings (SSSR count). The molecule has 0 aromatic rings. The summed E-state index contributed by atoms with van der Waals surface area (Å²) in [6.07, 6.45) is 1.19. The maximum atomic E-state index is 11.7. The molecular weight excluding hydrogens is 202 g/mol. The first-order valence-corrected chi connectivity index (χ1v) is 5.19. The normalized spacial score (nSPS) is 11.5. The van der Waals surface area contributed by atoms with Crippen molar-refractivity contribution in [3.63, 3.8) is 0 Å². The summed E-state index contributed by atoms with van der Waals surface area (Å²) in [5.41, 5.74) is 0. The zero-order chi connectivity index (χ0) is 10.3. The second kappa shape index (κ2) is 5.83. The summed E-state index contributed by atoms with van der Waals surface area (Å²) in [5.74, 6) is -3.39. The minimum Gasteiger partial charge on any atom is -0.210 e. The van der Waals surface area contributed by atoms with Crippen molar-refractivity contribution >= 4 is 10.0 Å². The van der Waals surface area contributed by atoms with Crippen LogP contribution < -0.4 is 4.72 Å². The van der Waals surface area contributed by atoms with Crippen LogP contribution in [-0.4, -0.2) is 20.7 Å². The number of unbranched alkanes of at least 4 members (excludes halogenated alkanes) is 2. The summed E-state index contributed by atoms with van der Waals surface area (Å²) >= 11 is 0. The second-order valence-corrected chi connectivity index (χ2v) is 4.05. The summed E-state index contributed by atoms with van der Waals surface area (Å²) in [4.78, 5) is 0. The lowest BCUT2D eigenvalue weighted by atomic mass is 10.2. The number of nitriles is 1. The third kappa shape index (κ3) is 5.49. The lowest BCUT2D eigenvalue weighted by Gasteiger charge is -2.03. The fraction of sp³-hybridized carbons (Fsp3) is 0.833. The van der Waals surface area contributed by atoms with Crippen molar-refractivity contribution in [2.75, 3.05) is 6.54 Å². The molecule has 0 spiro atoms. The molecule has 0 unspecified atom stereocenters. The zero-order valence-corrected chi connectivity index (χ0v) is 7.65. The third-order valence-corrected chi connectivity index (χ3v) is 2.33. The molecule has 0 fully saturated rings. The van der Waals surface area contributed by atoms with E-state index in [9.17, 15) is 17.2 Å². The van der Waals surface area contributed by atoms with Gasteiger partial charge in [-0.1, -0.05) is 0 Å². The monoisotopic (exact) mass is 212 g/mol. The highest BCUT2D eigenvalue weighted by Gasteiger charge is 2.22. The van der Waals surface area contributed by atoms with Crippen molar-refractivity contribution in [1.29, 1.82) is 5.26 Å². The topological polar surface area (TPSA) is 70.0 Å². The van der Waals surface area contributed by atoms with Gasteiger partial charge in [0.15, 0.2) is 0 Å². The van der Waals surface area contributed by atoms with E-state index in [4.69, 9.17) is 5.26 Å². The van der Waals surface area contributed by atoms with Crippen LogP contribution in [0.4, 0.5) is 8.78 Å². The molecule has 7 heteroatoms. The molecule has 13 heavy (non-hydrogen) atoms. The van der Waals surface area contributed by atoms with Crippen LogP contribution >= 0.6 is 0 Å². The van der Waals surface area contributed by atoms with Crippen LogP contribution in [0.15, 0.2) is 0 Å². The summed E-state index contributed by atoms with van der Waals surface area (Å²) in [6.45, 7) is -0.0473. The Morgan fingerprint density at radius 1 is 1.38 bits per heavy atom. The second-order valence-electron chi connectivity index (χ2n) is 2.32. The van der Waals surface area contributed by atoms with Crippen molar-refractivity contribution in [3.05, 3.63) is 0 Å². The fourth-order valence-electron chi connectivity index (χ4n) is 0.606. The maximum absolute atomic E-state index is 11.7. The number of alkyl halides is 2. The van der Waals surface area contributed by atoms with Gasteiger partial charge in [-0.05, 0) is 12.8 Å². The summed E-state index contributed by atoms with van der Waals surface area (Å²) < 4.78 is 46.0. The first-order chi connectivity index (χ1) is 6.00. The number of halogens is 2. The first kappa shape index (κ1) is 12.3. The Hall–Kier alpha value is -0.740. The van der Waals surface area contributed by atoms with Gasteiger partial charge in [-0.15, -0.1) is 0 Å². The minimum absolute atomic E-state index is 0.0473. The van der Waals surface area contributed by atoms with Gasteiger partial charge in [0.2, 0.25) is 0 Å². The Kier molecular flexibility index (Phi) is 5.50. The molecule has 0 aliphatic rings. The van der Waals surface area contributed by atoms with Crippen LogP contribution in [-0.2, 0) is 10.0 Å². The van der Waals surface area contributed by atoms with Gasteiger partial charge in [-0.3, -0.25) is 0 Å². The lowest BCUT2D eigenvalue weighted by molar-refractivity contribution is 0.232. The van der Waals surface area contributed by atoms with Gasteiger partial charge in [0.05, 0.1) is 6.07 Å². The smallest absolute Gasteiger partial charge is 0.210 e. The van der Waals surface area contributed by atoms with E-state index >= 15 is 0 Å². The van der Waals surface area contributed by atoms with E-state index in [1.54, 1.807) is 4.72 Å². The highest BCUT2D eigenvalue weighted by molar-refractivity contribution is 7.89. The predicted octanol–water partition coefficient (Wildman–Crippen LogP) is 0.822. The lowest BCUT2D eigenvalue weighted by Crippen LogP contribution is -2.30. The Balaban J connectivity index is 3.61. The van der Waals surface area contributed by atoms with Crippen LogP contribution in [0.25, 0.3) is 0 Å². The van der Waals surface area contributed by atoms with Gasteiger partial charge in [-0.25, -0.2) is 13.1 Å². The minimum atomic E-state index is -4.45. The van der Waals surface area contributed by atoms with E-state index in [1.165, 1.54) is 0 Å². The molecule has 0 aromatic carbocycles. The van der Waals surface area contributed by atoms with Crippen LogP contribution in [0.3, 0.4) is 0 Å². The Morgan fingerprint density at radius 3 is 2.46 bits per heavy atom. The highest BCUT2D eigenvalue weighted by atomic mass is 32.2. The third-order valence-electron chi connectivity index (χ3n) is 1.25. The molecule has 0 saturated carbocycles. The van der Waals surface area contributed by atoms with Crippen molar-refractivity contribution in [2.24, 2.45) is 0 Å². The molecule has 0 saturated heterocycles. The molecule has 4 nitrogen and oxygen atoms in total. The van der Waals surface area contributed by atoms with E-state index in [2.05, 4.69) is 0 Å². The average molecular weight is 212 g/mol. The van der Waals surface area contributed by atoms with E-state index in [-0.39, 0.29) is 6.54 Å². The van der Waals surface area contributed by atoms with Gasteiger partial charge >= 0.3 is 5.76 Å². The summed E-state index contributed by atoms with van der Waals surface area (Å²) in [5, 5.41) is 8.11. The average Bonchev–Trinajstić information content (AvgIpc) is 2.03. The quantitative estimate of drug-likeness (QED) is 0.663. The predicted molar refractivity (Wildman–Crippen MR) is 42.4 cm³/mol. The van der Waals surface area contributed by atoms with Gasteiger partial charge in [0.1, 0.15) is 0 Å². The molecule has 0 heterocycles. The molecular formula is C6H10F2N2O2S. The molecule has 0 aliphatic heterocycles. The molecule has 0 aliphatic carbocycles. The van der Waals surface area contributed by atoms with Crippen molar-refractivity contribution < 1.29 is 17.2 Å². The number of sulfonamides is 1. The zero-order valence-electron chi connectivity index (χ0n) is 6.83. The van der Waals surface area contributed by atoms with E-state index < -0.39 is 15.8 Å². The molecule has 0 atom stereocenters. The number of hydrogen-bond acceptors (Lipinski definition) is 3. The molecule has 0 bridgehead atoms. The van der Waals surface area contributed by atoms with Crippen LogP contribution in [0.5, 0.6) is 0 Å². The maximum Gasteiger partial charge on any atom is 0.350 e.